The van der Waals surface area contributed by atoms with Gasteiger partial charge in [0.1, 0.15) is 11.4 Å². The molecule has 0 saturated carbocycles. The zero-order valence-electron chi connectivity index (χ0n) is 15.0. The fourth-order valence-electron chi connectivity index (χ4n) is 2.48. The van der Waals surface area contributed by atoms with E-state index in [1.165, 1.54) is 6.92 Å². The molecule has 6 heteroatoms. The van der Waals surface area contributed by atoms with Gasteiger partial charge in [0.25, 0.3) is 5.91 Å². The lowest BCUT2D eigenvalue weighted by molar-refractivity contribution is 0.101. The number of hydrogen-bond donors (Lipinski definition) is 2. The van der Waals surface area contributed by atoms with Crippen molar-refractivity contribution >= 4 is 28.8 Å². The predicted molar refractivity (Wildman–Crippen MR) is 105 cm³/mol. The average molecular weight is 361 g/mol. The molecule has 2 N–H and O–H groups in total. The van der Waals surface area contributed by atoms with Gasteiger partial charge in [-0.15, -0.1) is 0 Å². The Bertz CT molecular complexity index is 968. The second kappa shape index (κ2) is 8.14. The van der Waals surface area contributed by atoms with Gasteiger partial charge in [-0.1, -0.05) is 6.07 Å². The molecule has 1 amide bonds. The maximum absolute atomic E-state index is 12.5. The number of pyridine rings is 1. The van der Waals surface area contributed by atoms with Gasteiger partial charge in [0, 0.05) is 34.9 Å². The van der Waals surface area contributed by atoms with Crippen molar-refractivity contribution < 1.29 is 14.3 Å². The largest absolute Gasteiger partial charge is 0.497 e. The monoisotopic (exact) mass is 361 g/mol. The minimum atomic E-state index is -0.321. The van der Waals surface area contributed by atoms with Gasteiger partial charge in [-0.25, -0.2) is 0 Å². The number of ether oxygens (including phenoxy) is 1. The summed E-state index contributed by atoms with van der Waals surface area (Å²) in [4.78, 5) is 27.9. The molecular weight excluding hydrogens is 342 g/mol. The first kappa shape index (κ1) is 18.1. The zero-order chi connectivity index (χ0) is 19.2. The summed E-state index contributed by atoms with van der Waals surface area (Å²) in [5.74, 6) is 0.353. The number of amides is 1. The molecule has 0 aliphatic heterocycles. The highest BCUT2D eigenvalue weighted by atomic mass is 16.5. The second-order valence-electron chi connectivity index (χ2n) is 5.87. The molecule has 6 nitrogen and oxygen atoms in total. The third-order valence-corrected chi connectivity index (χ3v) is 3.90. The summed E-state index contributed by atoms with van der Waals surface area (Å²) in [7, 11) is 1.57. The molecule has 3 rings (SSSR count). The zero-order valence-corrected chi connectivity index (χ0v) is 15.0. The minimum absolute atomic E-state index is 0.0157. The van der Waals surface area contributed by atoms with Crippen LogP contribution >= 0.6 is 0 Å². The topological polar surface area (TPSA) is 80.3 Å². The number of carbonyl (C=O) groups is 2. The van der Waals surface area contributed by atoms with E-state index in [1.807, 2.05) is 12.1 Å². The summed E-state index contributed by atoms with van der Waals surface area (Å²) in [6, 6.07) is 17.7. The third kappa shape index (κ3) is 4.70. The third-order valence-electron chi connectivity index (χ3n) is 3.90. The van der Waals surface area contributed by atoms with Gasteiger partial charge in [-0.3, -0.25) is 14.6 Å². The number of ketones is 1. The van der Waals surface area contributed by atoms with Crippen molar-refractivity contribution in [2.45, 2.75) is 6.92 Å². The van der Waals surface area contributed by atoms with E-state index in [1.54, 1.807) is 61.8 Å². The number of benzene rings is 2. The molecule has 0 saturated heterocycles. The van der Waals surface area contributed by atoms with Crippen LogP contribution in [0.2, 0.25) is 0 Å². The lowest BCUT2D eigenvalue weighted by Gasteiger charge is -2.09. The molecule has 0 aliphatic carbocycles. The van der Waals surface area contributed by atoms with Crippen molar-refractivity contribution in [2.75, 3.05) is 17.7 Å². The van der Waals surface area contributed by atoms with E-state index >= 15 is 0 Å². The SMILES string of the molecule is COc1cccc(NC(=O)c2cc(Nc3ccc(C(C)=O)cc3)ccn2)c1. The van der Waals surface area contributed by atoms with Crippen LogP contribution in [0.1, 0.15) is 27.8 Å². The molecular formula is C21H19N3O3. The Balaban J connectivity index is 1.72. The molecule has 0 bridgehead atoms. The van der Waals surface area contributed by atoms with Crippen LogP contribution in [-0.4, -0.2) is 23.8 Å². The molecule has 0 unspecified atom stereocenters. The first-order chi connectivity index (χ1) is 13.0. The van der Waals surface area contributed by atoms with Gasteiger partial charge in [0.15, 0.2) is 5.78 Å². The number of nitrogens with one attached hydrogen (secondary N) is 2. The first-order valence-corrected chi connectivity index (χ1v) is 8.34. The highest BCUT2D eigenvalue weighted by molar-refractivity contribution is 6.03. The standard InChI is InChI=1S/C21H19N3O3/c1-14(25)15-6-8-16(9-7-15)23-18-10-11-22-20(13-18)21(26)24-17-4-3-5-19(12-17)27-2/h3-13H,1-2H3,(H,22,23)(H,24,26). The summed E-state index contributed by atoms with van der Waals surface area (Å²) in [6.45, 7) is 1.53. The first-order valence-electron chi connectivity index (χ1n) is 8.34. The van der Waals surface area contributed by atoms with E-state index in [2.05, 4.69) is 15.6 Å². The van der Waals surface area contributed by atoms with Gasteiger partial charge in [0.05, 0.1) is 7.11 Å². The maximum atomic E-state index is 12.5. The Kier molecular flexibility index (Phi) is 5.47. The minimum Gasteiger partial charge on any atom is -0.497 e. The summed E-state index contributed by atoms with van der Waals surface area (Å²) < 4.78 is 5.15. The van der Waals surface area contributed by atoms with Crippen LogP contribution in [-0.2, 0) is 0 Å². The predicted octanol–water partition coefficient (Wildman–Crippen LogP) is 4.29. The maximum Gasteiger partial charge on any atom is 0.274 e. The number of methoxy groups -OCH3 is 1. The van der Waals surface area contributed by atoms with Crippen LogP contribution in [0.4, 0.5) is 17.1 Å². The lowest BCUT2D eigenvalue weighted by Crippen LogP contribution is -2.13. The molecule has 3 aromatic rings. The average Bonchev–Trinajstić information content (AvgIpc) is 2.68. The Labute approximate surface area is 157 Å². The van der Waals surface area contributed by atoms with E-state index in [-0.39, 0.29) is 17.4 Å². The quantitative estimate of drug-likeness (QED) is 0.640. The van der Waals surface area contributed by atoms with Crippen molar-refractivity contribution in [1.29, 1.82) is 0 Å². The molecule has 0 fully saturated rings. The lowest BCUT2D eigenvalue weighted by atomic mass is 10.1. The summed E-state index contributed by atoms with van der Waals surface area (Å²) in [5.41, 5.74) is 3.08. The van der Waals surface area contributed by atoms with Crippen molar-refractivity contribution in [3.63, 3.8) is 0 Å². The fraction of sp³-hybridized carbons (Fsp3) is 0.0952. The van der Waals surface area contributed by atoms with Gasteiger partial charge in [-0.2, -0.15) is 0 Å². The highest BCUT2D eigenvalue weighted by Gasteiger charge is 2.09. The summed E-state index contributed by atoms with van der Waals surface area (Å²) in [5, 5.41) is 5.99. The van der Waals surface area contributed by atoms with Gasteiger partial charge in [-0.05, 0) is 55.5 Å². The van der Waals surface area contributed by atoms with E-state index in [9.17, 15) is 9.59 Å². The van der Waals surface area contributed by atoms with Crippen LogP contribution in [0, 0.1) is 0 Å². The number of aromatic nitrogens is 1. The van der Waals surface area contributed by atoms with E-state index in [0.717, 1.165) is 11.4 Å². The number of carbonyl (C=O) groups excluding carboxylic acids is 2. The van der Waals surface area contributed by atoms with Gasteiger partial charge >= 0.3 is 0 Å². The Morgan fingerprint density at radius 2 is 1.70 bits per heavy atom. The van der Waals surface area contributed by atoms with E-state index in [0.29, 0.717) is 17.0 Å². The normalized spacial score (nSPS) is 10.1. The molecule has 0 atom stereocenters. The Morgan fingerprint density at radius 1 is 0.926 bits per heavy atom. The van der Waals surface area contributed by atoms with Gasteiger partial charge in [0.2, 0.25) is 0 Å². The van der Waals surface area contributed by atoms with Gasteiger partial charge < -0.3 is 15.4 Å². The van der Waals surface area contributed by atoms with Crippen LogP contribution in [0.15, 0.2) is 66.9 Å². The van der Waals surface area contributed by atoms with Crippen LogP contribution in [0.3, 0.4) is 0 Å². The Hall–Kier alpha value is -3.67. The van der Waals surface area contributed by atoms with Crippen molar-refractivity contribution in [3.05, 3.63) is 78.1 Å². The Morgan fingerprint density at radius 3 is 2.41 bits per heavy atom. The molecule has 27 heavy (non-hydrogen) atoms. The molecule has 0 spiro atoms. The molecule has 0 aliphatic rings. The molecule has 1 aromatic heterocycles. The number of anilines is 3. The van der Waals surface area contributed by atoms with Crippen molar-refractivity contribution in [2.24, 2.45) is 0 Å². The van der Waals surface area contributed by atoms with Crippen LogP contribution in [0.25, 0.3) is 0 Å². The molecule has 2 aromatic carbocycles. The fourth-order valence-corrected chi connectivity index (χ4v) is 2.48. The summed E-state index contributed by atoms with van der Waals surface area (Å²) in [6.07, 6.45) is 1.56. The number of nitrogens with zero attached hydrogens (tertiary/aromatic N) is 1. The highest BCUT2D eigenvalue weighted by Crippen LogP contribution is 2.20. The number of rotatable bonds is 6. The van der Waals surface area contributed by atoms with Crippen LogP contribution in [0.5, 0.6) is 5.75 Å². The molecule has 136 valence electrons. The van der Waals surface area contributed by atoms with E-state index in [4.69, 9.17) is 4.74 Å². The number of Topliss-reactive ketones (excluding diaryl/α,β-unsaturated/α-hetero) is 1. The summed E-state index contributed by atoms with van der Waals surface area (Å²) >= 11 is 0. The van der Waals surface area contributed by atoms with Crippen molar-refractivity contribution in [3.8, 4) is 5.75 Å². The molecule has 1 heterocycles. The smallest absolute Gasteiger partial charge is 0.274 e. The number of hydrogen-bond acceptors (Lipinski definition) is 5. The van der Waals surface area contributed by atoms with Crippen LogP contribution < -0.4 is 15.4 Å². The second-order valence-corrected chi connectivity index (χ2v) is 5.87. The van der Waals surface area contributed by atoms with E-state index < -0.39 is 0 Å². The van der Waals surface area contributed by atoms with Crippen molar-refractivity contribution in [1.82, 2.24) is 4.98 Å². The molecule has 0 radical (unpaired) electrons.